The summed E-state index contributed by atoms with van der Waals surface area (Å²) in [6.07, 6.45) is -3.86. The summed E-state index contributed by atoms with van der Waals surface area (Å²) in [5, 5.41) is 0. The highest BCUT2D eigenvalue weighted by molar-refractivity contribution is 5.35. The minimum Gasteiger partial charge on any atom is -0.493 e. The molecule has 0 aliphatic rings. The van der Waals surface area contributed by atoms with E-state index in [9.17, 15) is 13.2 Å². The normalized spacial score (nSPS) is 13.6. The second-order valence-electron chi connectivity index (χ2n) is 3.61. The fourth-order valence-electron chi connectivity index (χ4n) is 1.18. The minimum atomic E-state index is -4.38. The van der Waals surface area contributed by atoms with Crippen LogP contribution in [-0.2, 0) is 6.18 Å². The van der Waals surface area contributed by atoms with E-state index in [1.54, 1.807) is 6.92 Å². The SMILES string of the molecule is CC(N)CCOc1ccccc1C(F)(F)F. The molecule has 0 aliphatic heterocycles. The van der Waals surface area contributed by atoms with Crippen LogP contribution in [0.4, 0.5) is 13.2 Å². The molecule has 1 aromatic rings. The average molecular weight is 233 g/mol. The third kappa shape index (κ3) is 3.73. The van der Waals surface area contributed by atoms with Gasteiger partial charge in [-0.2, -0.15) is 13.2 Å². The molecule has 0 radical (unpaired) electrons. The van der Waals surface area contributed by atoms with Gasteiger partial charge in [-0.15, -0.1) is 0 Å². The lowest BCUT2D eigenvalue weighted by Crippen LogP contribution is -2.19. The van der Waals surface area contributed by atoms with Crippen molar-refractivity contribution < 1.29 is 17.9 Å². The molecule has 5 heteroatoms. The molecule has 0 saturated heterocycles. The van der Waals surface area contributed by atoms with Gasteiger partial charge in [0.05, 0.1) is 12.2 Å². The predicted octanol–water partition coefficient (Wildman–Crippen LogP) is 2.82. The van der Waals surface area contributed by atoms with Crippen LogP contribution in [0.1, 0.15) is 18.9 Å². The lowest BCUT2D eigenvalue weighted by Gasteiger charge is -2.14. The third-order valence-corrected chi connectivity index (χ3v) is 2.02. The summed E-state index contributed by atoms with van der Waals surface area (Å²) in [5.41, 5.74) is 4.73. The number of hydrogen-bond donors (Lipinski definition) is 1. The van der Waals surface area contributed by atoms with Crippen LogP contribution in [0.25, 0.3) is 0 Å². The molecule has 0 spiro atoms. The second-order valence-corrected chi connectivity index (χ2v) is 3.61. The van der Waals surface area contributed by atoms with E-state index in [1.165, 1.54) is 18.2 Å². The molecule has 0 saturated carbocycles. The predicted molar refractivity (Wildman–Crippen MR) is 55.2 cm³/mol. The number of ether oxygens (including phenoxy) is 1. The molecule has 0 bridgehead atoms. The molecule has 0 amide bonds. The molecule has 2 nitrogen and oxygen atoms in total. The largest absolute Gasteiger partial charge is 0.493 e. The van der Waals surface area contributed by atoms with Gasteiger partial charge < -0.3 is 10.5 Å². The summed E-state index contributed by atoms with van der Waals surface area (Å²) >= 11 is 0. The summed E-state index contributed by atoms with van der Waals surface area (Å²) in [6, 6.07) is 5.07. The standard InChI is InChI=1S/C11H14F3NO/c1-8(15)6-7-16-10-5-3-2-4-9(10)11(12,13)14/h2-5,8H,6-7,15H2,1H3. The van der Waals surface area contributed by atoms with Crippen molar-refractivity contribution in [1.82, 2.24) is 0 Å². The molecule has 1 rings (SSSR count). The number of para-hydroxylation sites is 1. The van der Waals surface area contributed by atoms with Crippen LogP contribution in [-0.4, -0.2) is 12.6 Å². The van der Waals surface area contributed by atoms with E-state index in [0.717, 1.165) is 6.07 Å². The Hall–Kier alpha value is -1.23. The van der Waals surface area contributed by atoms with Crippen LogP contribution >= 0.6 is 0 Å². The molecule has 90 valence electrons. The Kier molecular flexibility index (Phi) is 4.18. The van der Waals surface area contributed by atoms with Crippen molar-refractivity contribution in [3.05, 3.63) is 29.8 Å². The van der Waals surface area contributed by atoms with Crippen molar-refractivity contribution in [3.63, 3.8) is 0 Å². The van der Waals surface area contributed by atoms with E-state index in [2.05, 4.69) is 0 Å². The highest BCUT2D eigenvalue weighted by atomic mass is 19.4. The number of nitrogens with two attached hydrogens (primary N) is 1. The molecule has 0 heterocycles. The van der Waals surface area contributed by atoms with Gasteiger partial charge in [-0.3, -0.25) is 0 Å². The van der Waals surface area contributed by atoms with Crippen LogP contribution in [0.5, 0.6) is 5.75 Å². The van der Waals surface area contributed by atoms with Gasteiger partial charge in [-0.25, -0.2) is 0 Å². The molecule has 2 N–H and O–H groups in total. The van der Waals surface area contributed by atoms with Crippen molar-refractivity contribution in [1.29, 1.82) is 0 Å². The van der Waals surface area contributed by atoms with Gasteiger partial charge >= 0.3 is 6.18 Å². The Labute approximate surface area is 92.2 Å². The lowest BCUT2D eigenvalue weighted by atomic mass is 10.2. The van der Waals surface area contributed by atoms with E-state index in [1.807, 2.05) is 0 Å². The zero-order valence-corrected chi connectivity index (χ0v) is 8.92. The molecular weight excluding hydrogens is 219 g/mol. The highest BCUT2D eigenvalue weighted by Crippen LogP contribution is 2.35. The first-order valence-corrected chi connectivity index (χ1v) is 4.96. The number of alkyl halides is 3. The van der Waals surface area contributed by atoms with Gasteiger partial charge in [0.2, 0.25) is 0 Å². The smallest absolute Gasteiger partial charge is 0.419 e. The summed E-state index contributed by atoms with van der Waals surface area (Å²) < 4.78 is 42.7. The first-order chi connectivity index (χ1) is 7.41. The van der Waals surface area contributed by atoms with E-state index in [4.69, 9.17) is 10.5 Å². The summed E-state index contributed by atoms with van der Waals surface area (Å²) in [5.74, 6) is -0.143. The Morgan fingerprint density at radius 3 is 2.50 bits per heavy atom. The Morgan fingerprint density at radius 1 is 1.31 bits per heavy atom. The minimum absolute atomic E-state index is 0.0851. The Bertz CT molecular complexity index is 336. The monoisotopic (exact) mass is 233 g/mol. The fourth-order valence-corrected chi connectivity index (χ4v) is 1.18. The molecule has 0 aliphatic carbocycles. The van der Waals surface area contributed by atoms with Crippen LogP contribution in [0.15, 0.2) is 24.3 Å². The highest BCUT2D eigenvalue weighted by Gasteiger charge is 2.33. The molecular formula is C11H14F3NO. The Balaban J connectivity index is 2.72. The number of hydrogen-bond acceptors (Lipinski definition) is 2. The summed E-state index contributed by atoms with van der Waals surface area (Å²) in [7, 11) is 0. The lowest BCUT2D eigenvalue weighted by molar-refractivity contribution is -0.138. The molecule has 1 unspecified atom stereocenters. The van der Waals surface area contributed by atoms with E-state index in [-0.39, 0.29) is 18.4 Å². The molecule has 1 atom stereocenters. The average Bonchev–Trinajstić information content (AvgIpc) is 2.16. The van der Waals surface area contributed by atoms with Gasteiger partial charge in [0.15, 0.2) is 0 Å². The van der Waals surface area contributed by atoms with Crippen LogP contribution in [0, 0.1) is 0 Å². The van der Waals surface area contributed by atoms with Crippen molar-refractivity contribution in [2.45, 2.75) is 25.6 Å². The first kappa shape index (κ1) is 12.8. The third-order valence-electron chi connectivity index (χ3n) is 2.02. The van der Waals surface area contributed by atoms with Crippen LogP contribution in [0.2, 0.25) is 0 Å². The maximum absolute atomic E-state index is 12.5. The number of halogens is 3. The molecule has 16 heavy (non-hydrogen) atoms. The van der Waals surface area contributed by atoms with E-state index >= 15 is 0 Å². The molecule has 1 aromatic carbocycles. The van der Waals surface area contributed by atoms with Gasteiger partial charge in [-0.05, 0) is 25.5 Å². The first-order valence-electron chi connectivity index (χ1n) is 4.96. The fraction of sp³-hybridized carbons (Fsp3) is 0.455. The van der Waals surface area contributed by atoms with E-state index < -0.39 is 11.7 Å². The zero-order valence-electron chi connectivity index (χ0n) is 8.92. The number of rotatable bonds is 4. The van der Waals surface area contributed by atoms with Crippen molar-refractivity contribution in [2.75, 3.05) is 6.61 Å². The van der Waals surface area contributed by atoms with E-state index in [0.29, 0.717) is 6.42 Å². The van der Waals surface area contributed by atoms with Crippen LogP contribution < -0.4 is 10.5 Å². The summed E-state index contributed by atoms with van der Waals surface area (Å²) in [6.45, 7) is 1.96. The molecule has 0 aromatic heterocycles. The maximum Gasteiger partial charge on any atom is 0.419 e. The second kappa shape index (κ2) is 5.21. The van der Waals surface area contributed by atoms with Crippen LogP contribution in [0.3, 0.4) is 0 Å². The van der Waals surface area contributed by atoms with Crippen molar-refractivity contribution >= 4 is 0 Å². The van der Waals surface area contributed by atoms with Gasteiger partial charge in [0.25, 0.3) is 0 Å². The Morgan fingerprint density at radius 2 is 1.94 bits per heavy atom. The quantitative estimate of drug-likeness (QED) is 0.867. The number of benzene rings is 1. The maximum atomic E-state index is 12.5. The van der Waals surface area contributed by atoms with Crippen molar-refractivity contribution in [3.8, 4) is 5.75 Å². The zero-order chi connectivity index (χ0) is 12.2. The summed E-state index contributed by atoms with van der Waals surface area (Å²) in [4.78, 5) is 0. The van der Waals surface area contributed by atoms with Gasteiger partial charge in [0.1, 0.15) is 5.75 Å². The topological polar surface area (TPSA) is 35.2 Å². The van der Waals surface area contributed by atoms with Gasteiger partial charge in [-0.1, -0.05) is 12.1 Å². The van der Waals surface area contributed by atoms with Crippen molar-refractivity contribution in [2.24, 2.45) is 5.73 Å². The van der Waals surface area contributed by atoms with Gasteiger partial charge in [0, 0.05) is 6.04 Å². The molecule has 0 fully saturated rings.